The molecule has 2 rings (SSSR count). The average molecular weight is 403 g/mol. The number of nitroso groups, excluding NO2 is 1. The van der Waals surface area contributed by atoms with E-state index in [4.69, 9.17) is 0 Å². The molecule has 1 atom stereocenters. The standard InChI is InChI=1S/C23H34N2O2S/c1-5-8-9-12-19-15-21(24-27)22(18-13-10-11-17(4)14-18)20(16-26)23(19)28-25(6-2)7-3/h14-16,18H,5-13H2,1-4H3. The van der Waals surface area contributed by atoms with Gasteiger partial charge in [0.15, 0.2) is 6.29 Å². The Hall–Kier alpha value is -1.46. The lowest BCUT2D eigenvalue weighted by molar-refractivity contribution is 0.111. The van der Waals surface area contributed by atoms with E-state index in [1.165, 1.54) is 5.57 Å². The summed E-state index contributed by atoms with van der Waals surface area (Å²) in [7, 11) is 0. The molecule has 0 saturated carbocycles. The Labute approximate surface area is 174 Å². The van der Waals surface area contributed by atoms with Gasteiger partial charge < -0.3 is 0 Å². The quantitative estimate of drug-likeness (QED) is 0.129. The molecule has 0 aliphatic heterocycles. The fourth-order valence-corrected chi connectivity index (χ4v) is 5.05. The fraction of sp³-hybridized carbons (Fsp3) is 0.609. The number of unbranched alkanes of at least 4 members (excludes halogenated alkanes) is 2. The lowest BCUT2D eigenvalue weighted by Gasteiger charge is -2.26. The van der Waals surface area contributed by atoms with E-state index in [1.54, 1.807) is 11.9 Å². The third kappa shape index (κ3) is 5.54. The number of hydrogen-bond donors (Lipinski definition) is 0. The number of hydrogen-bond acceptors (Lipinski definition) is 5. The minimum absolute atomic E-state index is 0.0994. The van der Waals surface area contributed by atoms with Crippen molar-refractivity contribution in [2.24, 2.45) is 5.18 Å². The second-order valence-electron chi connectivity index (χ2n) is 7.59. The maximum absolute atomic E-state index is 12.3. The van der Waals surface area contributed by atoms with Gasteiger partial charge in [-0.3, -0.25) is 4.79 Å². The Balaban J connectivity index is 2.61. The minimum atomic E-state index is 0.0994. The summed E-state index contributed by atoms with van der Waals surface area (Å²) in [6.45, 7) is 10.4. The van der Waals surface area contributed by atoms with Gasteiger partial charge in [-0.15, -0.1) is 4.91 Å². The van der Waals surface area contributed by atoms with Crippen LogP contribution in [0.3, 0.4) is 0 Å². The lowest BCUT2D eigenvalue weighted by atomic mass is 9.82. The highest BCUT2D eigenvalue weighted by Crippen LogP contribution is 2.43. The second-order valence-corrected chi connectivity index (χ2v) is 8.70. The number of carbonyl (C=O) groups excluding carboxylic acids is 1. The molecule has 154 valence electrons. The molecule has 0 amide bonds. The van der Waals surface area contributed by atoms with Gasteiger partial charge >= 0.3 is 0 Å². The minimum Gasteiger partial charge on any atom is -0.298 e. The molecule has 0 N–H and O–H groups in total. The van der Waals surface area contributed by atoms with Crippen LogP contribution in [0.1, 0.15) is 93.6 Å². The van der Waals surface area contributed by atoms with E-state index in [0.29, 0.717) is 11.3 Å². The fourth-order valence-electron chi connectivity index (χ4n) is 4.00. The largest absolute Gasteiger partial charge is 0.298 e. The first kappa shape index (κ1) is 22.8. The van der Waals surface area contributed by atoms with Gasteiger partial charge in [-0.2, -0.15) is 0 Å². The molecule has 0 saturated heterocycles. The number of carbonyl (C=O) groups is 1. The molecule has 4 nitrogen and oxygen atoms in total. The molecule has 0 heterocycles. The highest BCUT2D eigenvalue weighted by Gasteiger charge is 2.26. The summed E-state index contributed by atoms with van der Waals surface area (Å²) in [5.41, 5.74) is 4.38. The molecular formula is C23H34N2O2S. The molecule has 1 aliphatic rings. The van der Waals surface area contributed by atoms with E-state index >= 15 is 0 Å². The van der Waals surface area contributed by atoms with Gasteiger partial charge in [0.25, 0.3) is 0 Å². The first-order valence-corrected chi connectivity index (χ1v) is 11.4. The van der Waals surface area contributed by atoms with E-state index in [1.807, 2.05) is 6.07 Å². The second kappa shape index (κ2) is 11.5. The van der Waals surface area contributed by atoms with Crippen LogP contribution in [0.5, 0.6) is 0 Å². The summed E-state index contributed by atoms with van der Waals surface area (Å²) in [6.07, 6.45) is 10.5. The molecule has 0 fully saturated rings. The van der Waals surface area contributed by atoms with Crippen molar-refractivity contribution in [2.45, 2.75) is 83.5 Å². The number of nitrogens with zero attached hydrogens (tertiary/aromatic N) is 2. The molecule has 28 heavy (non-hydrogen) atoms. The van der Waals surface area contributed by atoms with Crippen molar-refractivity contribution in [3.63, 3.8) is 0 Å². The number of aldehydes is 1. The summed E-state index contributed by atoms with van der Waals surface area (Å²) in [5.74, 6) is 0.0994. The van der Waals surface area contributed by atoms with Gasteiger partial charge in [0.2, 0.25) is 0 Å². The van der Waals surface area contributed by atoms with Crippen molar-refractivity contribution in [1.29, 1.82) is 0 Å². The summed E-state index contributed by atoms with van der Waals surface area (Å²) < 4.78 is 2.26. The van der Waals surface area contributed by atoms with Crippen LogP contribution in [-0.4, -0.2) is 23.7 Å². The normalized spacial score (nSPS) is 16.9. The van der Waals surface area contributed by atoms with E-state index in [0.717, 1.165) is 80.3 Å². The SMILES string of the molecule is CCCCCc1cc(N=O)c(C2C=C(C)CCC2)c(C=O)c1SN(CC)CC. The van der Waals surface area contributed by atoms with Crippen LogP contribution in [-0.2, 0) is 6.42 Å². The molecule has 0 aromatic heterocycles. The van der Waals surface area contributed by atoms with Crippen molar-refractivity contribution in [1.82, 2.24) is 4.31 Å². The summed E-state index contributed by atoms with van der Waals surface area (Å²) in [6, 6.07) is 1.95. The monoisotopic (exact) mass is 402 g/mol. The molecule has 1 unspecified atom stereocenters. The zero-order chi connectivity index (χ0) is 20.5. The summed E-state index contributed by atoms with van der Waals surface area (Å²) >= 11 is 1.66. The maximum atomic E-state index is 12.3. The topological polar surface area (TPSA) is 49.7 Å². The zero-order valence-electron chi connectivity index (χ0n) is 17.8. The van der Waals surface area contributed by atoms with Crippen molar-refractivity contribution in [3.8, 4) is 0 Å². The van der Waals surface area contributed by atoms with Gasteiger partial charge in [-0.05, 0) is 73.3 Å². The predicted molar refractivity (Wildman–Crippen MR) is 120 cm³/mol. The maximum Gasteiger partial charge on any atom is 0.151 e. The molecular weight excluding hydrogens is 368 g/mol. The third-order valence-corrected chi connectivity index (χ3v) is 6.99. The number of allylic oxidation sites excluding steroid dienone is 2. The van der Waals surface area contributed by atoms with E-state index < -0.39 is 0 Å². The zero-order valence-corrected chi connectivity index (χ0v) is 18.6. The van der Waals surface area contributed by atoms with Gasteiger partial charge in [0.05, 0.1) is 0 Å². The first-order valence-electron chi connectivity index (χ1n) is 10.7. The van der Waals surface area contributed by atoms with E-state index in [-0.39, 0.29) is 5.92 Å². The Morgan fingerprint density at radius 1 is 1.25 bits per heavy atom. The Morgan fingerprint density at radius 3 is 2.57 bits per heavy atom. The van der Waals surface area contributed by atoms with Gasteiger partial charge in [-0.25, -0.2) is 4.31 Å². The van der Waals surface area contributed by atoms with Crippen LogP contribution in [0.15, 0.2) is 27.8 Å². The Morgan fingerprint density at radius 2 is 2.00 bits per heavy atom. The number of rotatable bonds is 11. The van der Waals surface area contributed by atoms with Gasteiger partial charge in [0, 0.05) is 29.5 Å². The van der Waals surface area contributed by atoms with Crippen molar-refractivity contribution in [2.75, 3.05) is 13.1 Å². The molecule has 5 heteroatoms. The Bertz CT molecular complexity index is 711. The molecule has 0 spiro atoms. The van der Waals surface area contributed by atoms with Crippen molar-refractivity contribution >= 4 is 23.9 Å². The van der Waals surface area contributed by atoms with Crippen LogP contribution in [0, 0.1) is 4.91 Å². The van der Waals surface area contributed by atoms with Crippen molar-refractivity contribution < 1.29 is 4.79 Å². The van der Waals surface area contributed by atoms with E-state index in [2.05, 4.69) is 43.3 Å². The van der Waals surface area contributed by atoms with Crippen molar-refractivity contribution in [3.05, 3.63) is 39.3 Å². The van der Waals surface area contributed by atoms with Crippen LogP contribution >= 0.6 is 11.9 Å². The highest BCUT2D eigenvalue weighted by atomic mass is 32.2. The number of aryl methyl sites for hydroxylation is 1. The molecule has 0 radical (unpaired) electrons. The van der Waals surface area contributed by atoms with E-state index in [9.17, 15) is 9.70 Å². The third-order valence-electron chi connectivity index (χ3n) is 5.55. The predicted octanol–water partition coefficient (Wildman–Crippen LogP) is 7.19. The summed E-state index contributed by atoms with van der Waals surface area (Å²) in [4.78, 5) is 25.1. The van der Waals surface area contributed by atoms with Gasteiger partial charge in [0.1, 0.15) is 5.69 Å². The molecule has 1 aliphatic carbocycles. The molecule has 1 aromatic rings. The number of benzene rings is 1. The smallest absolute Gasteiger partial charge is 0.151 e. The highest BCUT2D eigenvalue weighted by molar-refractivity contribution is 7.97. The van der Waals surface area contributed by atoms with Gasteiger partial charge in [-0.1, -0.05) is 45.3 Å². The van der Waals surface area contributed by atoms with Crippen LogP contribution in [0.25, 0.3) is 0 Å². The molecule has 0 bridgehead atoms. The average Bonchev–Trinajstić information content (AvgIpc) is 2.71. The first-order chi connectivity index (χ1) is 13.6. The van der Waals surface area contributed by atoms with Crippen LogP contribution < -0.4 is 0 Å². The lowest BCUT2D eigenvalue weighted by Crippen LogP contribution is -2.16. The Kier molecular flexibility index (Phi) is 9.39. The van der Waals surface area contributed by atoms with Crippen LogP contribution in [0.4, 0.5) is 5.69 Å². The summed E-state index contributed by atoms with van der Waals surface area (Å²) in [5, 5.41) is 3.37. The molecule has 1 aromatic carbocycles. The van der Waals surface area contributed by atoms with Crippen LogP contribution in [0.2, 0.25) is 0 Å².